The second-order valence-electron chi connectivity index (χ2n) is 4.43. The Kier molecular flexibility index (Phi) is 2.69. The third-order valence-electron chi connectivity index (χ3n) is 3.30. The van der Waals surface area contributed by atoms with E-state index in [1.165, 1.54) is 6.20 Å². The molecule has 0 fully saturated rings. The van der Waals surface area contributed by atoms with Crippen LogP contribution < -0.4 is 5.73 Å². The van der Waals surface area contributed by atoms with Crippen LogP contribution in [-0.2, 0) is 19.6 Å². The van der Waals surface area contributed by atoms with Gasteiger partial charge in [-0.2, -0.15) is 5.10 Å². The monoisotopic (exact) mass is 261 g/mol. The molecule has 0 unspecified atom stereocenters. The first-order valence-electron chi connectivity index (χ1n) is 6.18. The maximum Gasteiger partial charge on any atom is 0.274 e. The van der Waals surface area contributed by atoms with Gasteiger partial charge in [0.2, 0.25) is 0 Å². The molecule has 0 aromatic carbocycles. The van der Waals surface area contributed by atoms with Gasteiger partial charge in [-0.25, -0.2) is 0 Å². The standard InChI is InChI=1S/C11H15N7O/c1-2-18-10(8(12)5-14-18)11(19)16-3-4-17-7-13-15-9(17)6-16/h5,7H,2-4,6,12H2,1H3. The zero-order chi connectivity index (χ0) is 13.4. The van der Waals surface area contributed by atoms with Gasteiger partial charge < -0.3 is 15.2 Å². The van der Waals surface area contributed by atoms with Crippen LogP contribution in [0.4, 0.5) is 5.69 Å². The molecule has 0 spiro atoms. The molecule has 3 rings (SSSR count). The average molecular weight is 261 g/mol. The first kappa shape index (κ1) is 11.7. The molecule has 3 heterocycles. The van der Waals surface area contributed by atoms with Crippen LogP contribution in [0.3, 0.4) is 0 Å². The topological polar surface area (TPSA) is 94.9 Å². The number of hydrogen-bond acceptors (Lipinski definition) is 5. The highest BCUT2D eigenvalue weighted by Gasteiger charge is 2.26. The van der Waals surface area contributed by atoms with Gasteiger partial charge in [0.25, 0.3) is 5.91 Å². The summed E-state index contributed by atoms with van der Waals surface area (Å²) in [5.74, 6) is 0.687. The molecule has 2 N–H and O–H groups in total. The van der Waals surface area contributed by atoms with Crippen molar-refractivity contribution in [3.63, 3.8) is 0 Å². The lowest BCUT2D eigenvalue weighted by Crippen LogP contribution is -2.39. The predicted octanol–water partition coefficient (Wildman–Crippen LogP) is -0.267. The summed E-state index contributed by atoms with van der Waals surface area (Å²) in [4.78, 5) is 14.2. The van der Waals surface area contributed by atoms with Gasteiger partial charge in [-0.05, 0) is 6.92 Å². The van der Waals surface area contributed by atoms with Gasteiger partial charge in [0.15, 0.2) is 5.82 Å². The van der Waals surface area contributed by atoms with Crippen molar-refractivity contribution in [3.8, 4) is 0 Å². The second kappa shape index (κ2) is 4.38. The molecule has 0 aliphatic carbocycles. The summed E-state index contributed by atoms with van der Waals surface area (Å²) >= 11 is 0. The fourth-order valence-corrected chi connectivity index (χ4v) is 2.26. The Morgan fingerprint density at radius 3 is 3.11 bits per heavy atom. The van der Waals surface area contributed by atoms with Crippen molar-refractivity contribution >= 4 is 11.6 Å². The number of nitrogens with zero attached hydrogens (tertiary/aromatic N) is 6. The molecule has 0 saturated carbocycles. The Labute approximate surface area is 109 Å². The number of aryl methyl sites for hydroxylation is 1. The fourth-order valence-electron chi connectivity index (χ4n) is 2.26. The van der Waals surface area contributed by atoms with Gasteiger partial charge in [-0.3, -0.25) is 9.48 Å². The van der Waals surface area contributed by atoms with Crippen LogP contribution >= 0.6 is 0 Å². The Hall–Kier alpha value is -2.38. The smallest absolute Gasteiger partial charge is 0.274 e. The third-order valence-corrected chi connectivity index (χ3v) is 3.30. The number of anilines is 1. The molecule has 0 atom stereocenters. The number of carbonyl (C=O) groups excluding carboxylic acids is 1. The van der Waals surface area contributed by atoms with Gasteiger partial charge in [0, 0.05) is 19.6 Å². The van der Waals surface area contributed by atoms with Crippen LogP contribution in [0.15, 0.2) is 12.5 Å². The summed E-state index contributed by atoms with van der Waals surface area (Å²) in [7, 11) is 0. The summed E-state index contributed by atoms with van der Waals surface area (Å²) in [6.45, 7) is 4.32. The van der Waals surface area contributed by atoms with Crippen LogP contribution in [-0.4, -0.2) is 41.9 Å². The molecule has 0 radical (unpaired) electrons. The van der Waals surface area contributed by atoms with Crippen LogP contribution in [0.25, 0.3) is 0 Å². The Balaban J connectivity index is 1.87. The van der Waals surface area contributed by atoms with E-state index in [-0.39, 0.29) is 5.91 Å². The van der Waals surface area contributed by atoms with E-state index in [9.17, 15) is 4.79 Å². The number of nitrogens with two attached hydrogens (primary N) is 1. The van der Waals surface area contributed by atoms with Crippen molar-refractivity contribution in [2.45, 2.75) is 26.6 Å². The van der Waals surface area contributed by atoms with Crippen LogP contribution in [0, 0.1) is 0 Å². The van der Waals surface area contributed by atoms with E-state index in [1.807, 2.05) is 11.5 Å². The van der Waals surface area contributed by atoms with E-state index in [1.54, 1.807) is 15.9 Å². The largest absolute Gasteiger partial charge is 0.396 e. The number of hydrogen-bond donors (Lipinski definition) is 1. The normalized spacial score (nSPS) is 14.5. The molecule has 1 aliphatic rings. The van der Waals surface area contributed by atoms with Gasteiger partial charge in [0.05, 0.1) is 18.4 Å². The molecule has 100 valence electrons. The number of rotatable bonds is 2. The highest BCUT2D eigenvalue weighted by Crippen LogP contribution is 2.17. The van der Waals surface area contributed by atoms with Crippen molar-refractivity contribution in [1.29, 1.82) is 0 Å². The minimum Gasteiger partial charge on any atom is -0.396 e. The van der Waals surface area contributed by atoms with Gasteiger partial charge in [-0.1, -0.05) is 0 Å². The lowest BCUT2D eigenvalue weighted by atomic mass is 10.2. The summed E-state index contributed by atoms with van der Waals surface area (Å²) in [6.07, 6.45) is 3.20. The SMILES string of the molecule is CCn1ncc(N)c1C(=O)N1CCn2cnnc2C1. The van der Waals surface area contributed by atoms with Crippen molar-refractivity contribution in [3.05, 3.63) is 24.0 Å². The van der Waals surface area contributed by atoms with E-state index >= 15 is 0 Å². The zero-order valence-corrected chi connectivity index (χ0v) is 10.7. The van der Waals surface area contributed by atoms with Gasteiger partial charge in [-0.15, -0.1) is 10.2 Å². The molecule has 8 heteroatoms. The van der Waals surface area contributed by atoms with E-state index < -0.39 is 0 Å². The molecular weight excluding hydrogens is 246 g/mol. The minimum absolute atomic E-state index is 0.105. The number of nitrogen functional groups attached to an aromatic ring is 1. The molecule has 2 aromatic heterocycles. The Morgan fingerprint density at radius 1 is 1.47 bits per heavy atom. The van der Waals surface area contributed by atoms with Crippen molar-refractivity contribution < 1.29 is 4.79 Å². The fraction of sp³-hybridized carbons (Fsp3) is 0.455. The third kappa shape index (κ3) is 1.85. The molecule has 1 amide bonds. The Bertz CT molecular complexity index is 614. The number of amides is 1. The summed E-state index contributed by atoms with van der Waals surface area (Å²) < 4.78 is 3.57. The minimum atomic E-state index is -0.105. The Morgan fingerprint density at radius 2 is 2.32 bits per heavy atom. The van der Waals surface area contributed by atoms with Crippen LogP contribution in [0.2, 0.25) is 0 Å². The summed E-state index contributed by atoms with van der Waals surface area (Å²) in [6, 6.07) is 0. The maximum absolute atomic E-state index is 12.5. The zero-order valence-electron chi connectivity index (χ0n) is 10.7. The van der Waals surface area contributed by atoms with Crippen LogP contribution in [0.1, 0.15) is 23.2 Å². The van der Waals surface area contributed by atoms with Gasteiger partial charge in [0.1, 0.15) is 12.0 Å². The average Bonchev–Trinajstić information content (AvgIpc) is 3.02. The quantitative estimate of drug-likeness (QED) is 0.803. The summed E-state index contributed by atoms with van der Waals surface area (Å²) in [5.41, 5.74) is 6.70. The maximum atomic E-state index is 12.5. The number of carbonyl (C=O) groups is 1. The van der Waals surface area contributed by atoms with Crippen molar-refractivity contribution in [1.82, 2.24) is 29.4 Å². The van der Waals surface area contributed by atoms with E-state index in [0.29, 0.717) is 37.6 Å². The second-order valence-corrected chi connectivity index (χ2v) is 4.43. The van der Waals surface area contributed by atoms with E-state index in [4.69, 9.17) is 5.73 Å². The molecule has 0 bridgehead atoms. The first-order valence-corrected chi connectivity index (χ1v) is 6.18. The van der Waals surface area contributed by atoms with Crippen molar-refractivity contribution in [2.75, 3.05) is 12.3 Å². The molecular formula is C11H15N7O. The van der Waals surface area contributed by atoms with Crippen LogP contribution in [0.5, 0.6) is 0 Å². The molecule has 2 aromatic rings. The highest BCUT2D eigenvalue weighted by atomic mass is 16.2. The predicted molar refractivity (Wildman–Crippen MR) is 67.1 cm³/mol. The molecule has 8 nitrogen and oxygen atoms in total. The highest BCUT2D eigenvalue weighted by molar-refractivity contribution is 5.97. The number of fused-ring (bicyclic) bond motifs is 1. The molecule has 1 aliphatic heterocycles. The first-order chi connectivity index (χ1) is 9.20. The lowest BCUT2D eigenvalue weighted by Gasteiger charge is -2.27. The van der Waals surface area contributed by atoms with E-state index in [0.717, 1.165) is 5.82 Å². The van der Waals surface area contributed by atoms with E-state index in [2.05, 4.69) is 15.3 Å². The van der Waals surface area contributed by atoms with Crippen molar-refractivity contribution in [2.24, 2.45) is 0 Å². The van der Waals surface area contributed by atoms with Gasteiger partial charge >= 0.3 is 0 Å². The lowest BCUT2D eigenvalue weighted by molar-refractivity contribution is 0.0696. The molecule has 19 heavy (non-hydrogen) atoms. The number of aromatic nitrogens is 5. The summed E-state index contributed by atoms with van der Waals surface area (Å²) in [5, 5.41) is 11.9. The molecule has 0 saturated heterocycles.